The van der Waals surface area contributed by atoms with Crippen LogP contribution >= 0.6 is 0 Å². The molecule has 1 unspecified atom stereocenters. The van der Waals surface area contributed by atoms with Crippen LogP contribution in [-0.4, -0.2) is 25.9 Å². The van der Waals surface area contributed by atoms with E-state index in [0.717, 1.165) is 6.07 Å². The van der Waals surface area contributed by atoms with Gasteiger partial charge in [-0.05, 0) is 51.0 Å². The minimum Gasteiger partial charge on any atom is -0.443 e. The fourth-order valence-electron chi connectivity index (χ4n) is 2.21. The Labute approximate surface area is 128 Å². The van der Waals surface area contributed by atoms with Crippen molar-refractivity contribution in [3.63, 3.8) is 0 Å². The Balaban J connectivity index is 2.14. The van der Waals surface area contributed by atoms with Gasteiger partial charge in [0.1, 0.15) is 11.4 Å². The van der Waals surface area contributed by atoms with Gasteiger partial charge >= 0.3 is 6.09 Å². The Morgan fingerprint density at radius 1 is 1.36 bits per heavy atom. The van der Waals surface area contributed by atoms with Crippen molar-refractivity contribution in [2.75, 3.05) is 5.75 Å². The number of carbonyl (C=O) groups is 1. The van der Waals surface area contributed by atoms with Crippen molar-refractivity contribution in [3.05, 3.63) is 29.6 Å². The van der Waals surface area contributed by atoms with Gasteiger partial charge in [-0.25, -0.2) is 23.0 Å². The first-order valence-electron chi connectivity index (χ1n) is 6.85. The highest BCUT2D eigenvalue weighted by atomic mass is 32.2. The van der Waals surface area contributed by atoms with Crippen molar-refractivity contribution < 1.29 is 22.3 Å². The number of benzene rings is 1. The normalized spacial score (nSPS) is 20.1. The summed E-state index contributed by atoms with van der Waals surface area (Å²) in [6.45, 7) is 5.18. The first-order valence-corrected chi connectivity index (χ1v) is 8.50. The van der Waals surface area contributed by atoms with E-state index in [1.54, 1.807) is 20.8 Å². The van der Waals surface area contributed by atoms with Gasteiger partial charge < -0.3 is 4.74 Å². The molecule has 0 aromatic heterocycles. The van der Waals surface area contributed by atoms with E-state index in [1.807, 2.05) is 0 Å². The van der Waals surface area contributed by atoms with Crippen molar-refractivity contribution >= 4 is 15.9 Å². The number of carbonyl (C=O) groups excluding carboxylic acids is 1. The number of hydrogen-bond donors (Lipinski definition) is 2. The number of fused-ring (bicyclic) bond motifs is 1. The Kier molecular flexibility index (Phi) is 4.44. The molecule has 1 amide bonds. The molecule has 122 valence electrons. The molecule has 0 aliphatic carbocycles. The maximum Gasteiger partial charge on any atom is 0.422 e. The van der Waals surface area contributed by atoms with Crippen molar-refractivity contribution in [1.82, 2.24) is 10.9 Å². The summed E-state index contributed by atoms with van der Waals surface area (Å²) in [4.78, 5) is 11.7. The smallest absolute Gasteiger partial charge is 0.422 e. The van der Waals surface area contributed by atoms with Gasteiger partial charge in [0.25, 0.3) is 0 Å². The lowest BCUT2D eigenvalue weighted by atomic mass is 10.0. The molecule has 1 heterocycles. The fraction of sp³-hybridized carbons (Fsp3) is 0.500. The standard InChI is InChI=1S/C14H19FN2O4S/c1-14(2,3)21-13(18)17-16-11-6-7-22(19,20)12-5-4-9(15)8-10(11)12/h4-5,8,11,16H,6-7H2,1-3H3,(H,17,18). The predicted molar refractivity (Wildman–Crippen MR) is 78.3 cm³/mol. The molecule has 1 aliphatic rings. The van der Waals surface area contributed by atoms with Crippen LogP contribution < -0.4 is 10.9 Å². The third-order valence-corrected chi connectivity index (χ3v) is 4.92. The number of amides is 1. The molecular weight excluding hydrogens is 311 g/mol. The van der Waals surface area contributed by atoms with Crippen LogP contribution in [0.15, 0.2) is 23.1 Å². The van der Waals surface area contributed by atoms with Crippen LogP contribution in [0.3, 0.4) is 0 Å². The van der Waals surface area contributed by atoms with Gasteiger partial charge in [-0.2, -0.15) is 0 Å². The number of sulfone groups is 1. The van der Waals surface area contributed by atoms with Gasteiger partial charge in [0.15, 0.2) is 9.84 Å². The van der Waals surface area contributed by atoms with Crippen molar-refractivity contribution in [1.29, 1.82) is 0 Å². The van der Waals surface area contributed by atoms with Crippen LogP contribution in [0.25, 0.3) is 0 Å². The van der Waals surface area contributed by atoms with E-state index >= 15 is 0 Å². The van der Waals surface area contributed by atoms with E-state index in [4.69, 9.17) is 4.74 Å². The zero-order chi connectivity index (χ0) is 16.5. The summed E-state index contributed by atoms with van der Waals surface area (Å²) in [5, 5.41) is 0. The molecule has 0 saturated heterocycles. The van der Waals surface area contributed by atoms with Gasteiger partial charge in [0.2, 0.25) is 0 Å². The van der Waals surface area contributed by atoms with Crippen LogP contribution in [0.5, 0.6) is 0 Å². The highest BCUT2D eigenvalue weighted by Crippen LogP contribution is 2.32. The second-order valence-electron chi connectivity index (χ2n) is 6.11. The minimum atomic E-state index is -3.41. The molecule has 0 spiro atoms. The molecule has 0 bridgehead atoms. The van der Waals surface area contributed by atoms with Gasteiger partial charge in [-0.3, -0.25) is 5.43 Å². The van der Waals surface area contributed by atoms with E-state index in [0.29, 0.717) is 5.56 Å². The van der Waals surface area contributed by atoms with Crippen LogP contribution in [0.2, 0.25) is 0 Å². The molecular formula is C14H19FN2O4S. The van der Waals surface area contributed by atoms with E-state index in [-0.39, 0.29) is 17.1 Å². The number of rotatable bonds is 2. The third-order valence-electron chi connectivity index (χ3n) is 3.10. The minimum absolute atomic E-state index is 0.0701. The quantitative estimate of drug-likeness (QED) is 0.640. The summed E-state index contributed by atoms with van der Waals surface area (Å²) in [5.41, 5.74) is 4.74. The van der Waals surface area contributed by atoms with Gasteiger partial charge in [-0.15, -0.1) is 0 Å². The van der Waals surface area contributed by atoms with E-state index < -0.39 is 33.4 Å². The Hall–Kier alpha value is -1.67. The fourth-order valence-corrected chi connectivity index (χ4v) is 3.81. The summed E-state index contributed by atoms with van der Waals surface area (Å²) < 4.78 is 42.5. The van der Waals surface area contributed by atoms with Crippen LogP contribution in [0.4, 0.5) is 9.18 Å². The molecule has 6 nitrogen and oxygen atoms in total. The largest absolute Gasteiger partial charge is 0.443 e. The summed E-state index contributed by atoms with van der Waals surface area (Å²) in [6.07, 6.45) is -0.451. The molecule has 0 saturated carbocycles. The summed E-state index contributed by atoms with van der Waals surface area (Å²) >= 11 is 0. The second-order valence-corrected chi connectivity index (χ2v) is 8.19. The lowest BCUT2D eigenvalue weighted by Gasteiger charge is -2.27. The van der Waals surface area contributed by atoms with E-state index in [1.165, 1.54) is 12.1 Å². The molecule has 2 rings (SSSR count). The number of hydrogen-bond acceptors (Lipinski definition) is 5. The Morgan fingerprint density at radius 2 is 2.05 bits per heavy atom. The topological polar surface area (TPSA) is 84.5 Å². The van der Waals surface area contributed by atoms with Crippen molar-refractivity contribution in [3.8, 4) is 0 Å². The van der Waals surface area contributed by atoms with Gasteiger partial charge in [0, 0.05) is 0 Å². The van der Waals surface area contributed by atoms with Crippen LogP contribution in [0, 0.1) is 5.82 Å². The van der Waals surface area contributed by atoms with Crippen LogP contribution in [-0.2, 0) is 14.6 Å². The number of nitrogens with one attached hydrogen (secondary N) is 2. The molecule has 0 radical (unpaired) electrons. The average molecular weight is 330 g/mol. The highest BCUT2D eigenvalue weighted by molar-refractivity contribution is 7.91. The first kappa shape index (κ1) is 16.7. The summed E-state index contributed by atoms with van der Waals surface area (Å²) in [5.74, 6) is -0.598. The Bertz CT molecular complexity index is 683. The maximum absolute atomic E-state index is 13.4. The molecule has 22 heavy (non-hydrogen) atoms. The van der Waals surface area contributed by atoms with Gasteiger partial charge in [0.05, 0.1) is 16.7 Å². The highest BCUT2D eigenvalue weighted by Gasteiger charge is 2.31. The lowest BCUT2D eigenvalue weighted by Crippen LogP contribution is -2.44. The average Bonchev–Trinajstić information content (AvgIpc) is 2.35. The maximum atomic E-state index is 13.4. The van der Waals surface area contributed by atoms with Crippen molar-refractivity contribution in [2.45, 2.75) is 43.7 Å². The molecule has 1 aromatic carbocycles. The van der Waals surface area contributed by atoms with E-state index in [2.05, 4.69) is 10.9 Å². The van der Waals surface area contributed by atoms with E-state index in [9.17, 15) is 17.6 Å². The summed E-state index contributed by atoms with van der Waals surface area (Å²) in [7, 11) is -3.41. The number of ether oxygens (including phenoxy) is 1. The molecule has 1 aliphatic heterocycles. The molecule has 1 atom stereocenters. The summed E-state index contributed by atoms with van der Waals surface area (Å²) in [6, 6.07) is 3.03. The lowest BCUT2D eigenvalue weighted by molar-refractivity contribution is 0.0486. The SMILES string of the molecule is CC(C)(C)OC(=O)NNC1CCS(=O)(=O)c2ccc(F)cc21. The zero-order valence-corrected chi connectivity index (χ0v) is 13.5. The second kappa shape index (κ2) is 5.85. The predicted octanol–water partition coefficient (Wildman–Crippen LogP) is 2.07. The molecule has 8 heteroatoms. The first-order chi connectivity index (χ1) is 10.1. The molecule has 1 aromatic rings. The monoisotopic (exact) mass is 330 g/mol. The Morgan fingerprint density at radius 3 is 2.68 bits per heavy atom. The van der Waals surface area contributed by atoms with Gasteiger partial charge in [-0.1, -0.05) is 0 Å². The zero-order valence-electron chi connectivity index (χ0n) is 12.6. The van der Waals surface area contributed by atoms with Crippen LogP contribution in [0.1, 0.15) is 38.8 Å². The number of hydrazine groups is 1. The third kappa shape index (κ3) is 3.95. The molecule has 2 N–H and O–H groups in total. The van der Waals surface area contributed by atoms with Crippen molar-refractivity contribution in [2.24, 2.45) is 0 Å². The number of halogens is 1. The molecule has 0 fully saturated rings.